The maximum absolute atomic E-state index is 11.6. The number of rotatable bonds is 3. The van der Waals surface area contributed by atoms with E-state index in [2.05, 4.69) is 15.3 Å². The van der Waals surface area contributed by atoms with Gasteiger partial charge in [0.25, 0.3) is 5.56 Å². The number of anilines is 1. The Kier molecular flexibility index (Phi) is 4.89. The molecule has 1 aliphatic rings. The van der Waals surface area contributed by atoms with Crippen LogP contribution in [0.5, 0.6) is 0 Å². The monoisotopic (exact) mass is 323 g/mol. The summed E-state index contributed by atoms with van der Waals surface area (Å²) in [5.41, 5.74) is -0.528. The zero-order valence-corrected chi connectivity index (χ0v) is 12.0. The van der Waals surface area contributed by atoms with E-state index >= 15 is 0 Å². The van der Waals surface area contributed by atoms with Crippen LogP contribution >= 0.6 is 23.4 Å². The van der Waals surface area contributed by atoms with Crippen LogP contribution < -0.4 is 10.9 Å². The number of halogens is 1. The first kappa shape index (κ1) is 15.5. The molecule has 2 heterocycles. The fourth-order valence-corrected chi connectivity index (χ4v) is 2.22. The van der Waals surface area contributed by atoms with Gasteiger partial charge in [-0.2, -0.15) is 0 Å². The molecule has 0 unspecified atom stereocenters. The van der Waals surface area contributed by atoms with Gasteiger partial charge >= 0.3 is 0 Å². The quantitative estimate of drug-likeness (QED) is 0.354. The first-order valence-corrected chi connectivity index (χ1v) is 7.30. The van der Waals surface area contributed by atoms with E-state index in [9.17, 15) is 20.1 Å². The number of nitrogens with zero attached hydrogens (tertiary/aromatic N) is 1. The molecular weight excluding hydrogens is 310 g/mol. The average Bonchev–Trinajstić information content (AvgIpc) is 2.44. The third kappa shape index (κ3) is 3.08. The van der Waals surface area contributed by atoms with E-state index in [1.807, 2.05) is 0 Å². The molecule has 2 rings (SSSR count). The van der Waals surface area contributed by atoms with Crippen LogP contribution in [0.4, 0.5) is 5.82 Å². The van der Waals surface area contributed by atoms with E-state index in [0.29, 0.717) is 5.16 Å². The Labute approximate surface area is 123 Å². The molecule has 1 aromatic heterocycles. The summed E-state index contributed by atoms with van der Waals surface area (Å²) in [6.45, 7) is -0.161. The molecule has 0 spiro atoms. The average molecular weight is 324 g/mol. The number of aromatic nitrogens is 2. The predicted octanol–water partition coefficient (Wildman–Crippen LogP) is -1.00. The summed E-state index contributed by atoms with van der Waals surface area (Å²) in [6, 6.07) is 0. The Balaban J connectivity index is 2.22. The second-order valence-corrected chi connectivity index (χ2v) is 5.36. The third-order valence-electron chi connectivity index (χ3n) is 2.81. The molecule has 8 nitrogen and oxygen atoms in total. The summed E-state index contributed by atoms with van der Waals surface area (Å²) >= 11 is 7.04. The van der Waals surface area contributed by atoms with Crippen LogP contribution in [0.1, 0.15) is 0 Å². The minimum absolute atomic E-state index is 0.0346. The zero-order chi connectivity index (χ0) is 14.9. The number of nitrogens with one attached hydrogen (secondary N) is 2. The lowest BCUT2D eigenvalue weighted by atomic mass is 10.0. The zero-order valence-electron chi connectivity index (χ0n) is 10.4. The standard InChI is InChI=1S/C10H14ClN3O5S/c1-20-10-13-7(4(11)8(18)14-10)12-9-6(17)5(16)3(15)2-19-9/h3,5-6,9,15-17H,2H2,1H3,(H2,12,13,14,18)/t3-,5-,6+,9+/m1/s1. The van der Waals surface area contributed by atoms with Gasteiger partial charge in [-0.05, 0) is 6.26 Å². The molecular formula is C10H14ClN3O5S. The normalized spacial score (nSPS) is 30.2. The fourth-order valence-electron chi connectivity index (χ4n) is 1.70. The van der Waals surface area contributed by atoms with Gasteiger partial charge in [-0.1, -0.05) is 23.4 Å². The molecule has 112 valence electrons. The van der Waals surface area contributed by atoms with Gasteiger partial charge < -0.3 is 30.4 Å². The van der Waals surface area contributed by atoms with Gasteiger partial charge in [0.1, 0.15) is 23.3 Å². The lowest BCUT2D eigenvalue weighted by molar-refractivity contribution is -0.178. The van der Waals surface area contributed by atoms with Crippen molar-refractivity contribution in [3.05, 3.63) is 15.4 Å². The van der Waals surface area contributed by atoms with Crippen LogP contribution in [-0.2, 0) is 4.74 Å². The molecule has 0 radical (unpaired) electrons. The highest BCUT2D eigenvalue weighted by Gasteiger charge is 2.38. The molecule has 1 saturated heterocycles. The van der Waals surface area contributed by atoms with Gasteiger partial charge in [-0.3, -0.25) is 4.79 Å². The maximum atomic E-state index is 11.6. The van der Waals surface area contributed by atoms with Crippen LogP contribution in [0.2, 0.25) is 5.02 Å². The minimum Gasteiger partial charge on any atom is -0.388 e. The Morgan fingerprint density at radius 2 is 2.15 bits per heavy atom. The van der Waals surface area contributed by atoms with Crippen molar-refractivity contribution in [1.29, 1.82) is 0 Å². The van der Waals surface area contributed by atoms with Crippen LogP contribution in [-0.4, -0.2) is 62.7 Å². The van der Waals surface area contributed by atoms with Crippen LogP contribution in [0, 0.1) is 0 Å². The van der Waals surface area contributed by atoms with Crippen molar-refractivity contribution in [1.82, 2.24) is 9.97 Å². The van der Waals surface area contributed by atoms with Gasteiger partial charge in [0, 0.05) is 0 Å². The largest absolute Gasteiger partial charge is 0.388 e. The molecule has 0 bridgehead atoms. The van der Waals surface area contributed by atoms with Crippen LogP contribution in [0.25, 0.3) is 0 Å². The third-order valence-corrected chi connectivity index (χ3v) is 3.74. The molecule has 0 amide bonds. The van der Waals surface area contributed by atoms with E-state index in [1.165, 1.54) is 11.8 Å². The van der Waals surface area contributed by atoms with Crippen molar-refractivity contribution in [3.8, 4) is 0 Å². The Morgan fingerprint density at radius 3 is 2.80 bits per heavy atom. The molecule has 5 N–H and O–H groups in total. The first-order valence-electron chi connectivity index (χ1n) is 5.70. The summed E-state index contributed by atoms with van der Waals surface area (Å²) < 4.78 is 5.16. The van der Waals surface area contributed by atoms with E-state index in [0.717, 1.165) is 0 Å². The second kappa shape index (κ2) is 6.29. The molecule has 1 fully saturated rings. The van der Waals surface area contributed by atoms with E-state index in [1.54, 1.807) is 6.26 Å². The van der Waals surface area contributed by atoms with Gasteiger partial charge in [0.15, 0.2) is 17.2 Å². The van der Waals surface area contributed by atoms with E-state index in [4.69, 9.17) is 16.3 Å². The van der Waals surface area contributed by atoms with Crippen molar-refractivity contribution in [2.24, 2.45) is 0 Å². The highest BCUT2D eigenvalue weighted by molar-refractivity contribution is 7.98. The van der Waals surface area contributed by atoms with Crippen molar-refractivity contribution in [3.63, 3.8) is 0 Å². The fraction of sp³-hybridized carbons (Fsp3) is 0.600. The van der Waals surface area contributed by atoms with Gasteiger partial charge in [0.2, 0.25) is 0 Å². The molecule has 1 aromatic rings. The van der Waals surface area contributed by atoms with Gasteiger partial charge in [0.05, 0.1) is 6.61 Å². The number of ether oxygens (including phenoxy) is 1. The number of thioether (sulfide) groups is 1. The van der Waals surface area contributed by atoms with Crippen molar-refractivity contribution in [2.75, 3.05) is 18.2 Å². The first-order chi connectivity index (χ1) is 9.43. The topological polar surface area (TPSA) is 128 Å². The number of aliphatic hydroxyl groups excluding tert-OH is 3. The lowest BCUT2D eigenvalue weighted by Gasteiger charge is -2.35. The second-order valence-electron chi connectivity index (χ2n) is 4.18. The number of aromatic amines is 1. The van der Waals surface area contributed by atoms with E-state index in [-0.39, 0.29) is 17.4 Å². The SMILES string of the molecule is CSc1nc(N[C@H]2OC[C@@H](O)[C@@H](O)[C@@H]2O)c(Cl)c(=O)[nH]1. The van der Waals surface area contributed by atoms with Crippen molar-refractivity contribution >= 4 is 29.2 Å². The maximum Gasteiger partial charge on any atom is 0.272 e. The summed E-state index contributed by atoms with van der Waals surface area (Å²) in [5.74, 6) is 0.0346. The van der Waals surface area contributed by atoms with Crippen molar-refractivity contribution in [2.45, 2.75) is 29.7 Å². The van der Waals surface area contributed by atoms with Crippen LogP contribution in [0.3, 0.4) is 0 Å². The molecule has 10 heteroatoms. The highest BCUT2D eigenvalue weighted by Crippen LogP contribution is 2.22. The molecule has 0 saturated carbocycles. The Bertz CT molecular complexity index is 542. The van der Waals surface area contributed by atoms with Crippen molar-refractivity contribution < 1.29 is 20.1 Å². The van der Waals surface area contributed by atoms with Gasteiger partial charge in [-0.25, -0.2) is 4.98 Å². The number of hydrogen-bond acceptors (Lipinski definition) is 8. The summed E-state index contributed by atoms with van der Waals surface area (Å²) in [4.78, 5) is 18.1. The molecule has 0 aromatic carbocycles. The number of H-pyrrole nitrogens is 1. The van der Waals surface area contributed by atoms with E-state index < -0.39 is 30.1 Å². The Hall–Kier alpha value is -0.840. The summed E-state index contributed by atoms with van der Waals surface area (Å²) in [5, 5.41) is 31.5. The molecule has 1 aliphatic heterocycles. The highest BCUT2D eigenvalue weighted by atomic mass is 35.5. The number of aliphatic hydroxyl groups is 3. The Morgan fingerprint density at radius 1 is 1.45 bits per heavy atom. The van der Waals surface area contributed by atoms with Crippen LogP contribution in [0.15, 0.2) is 9.95 Å². The number of hydrogen-bond donors (Lipinski definition) is 5. The minimum atomic E-state index is -1.38. The predicted molar refractivity (Wildman–Crippen MR) is 73.0 cm³/mol. The molecule has 0 aliphatic carbocycles. The summed E-state index contributed by atoms with van der Waals surface area (Å²) in [6.07, 6.45) is -3.22. The smallest absolute Gasteiger partial charge is 0.272 e. The van der Waals surface area contributed by atoms with Gasteiger partial charge in [-0.15, -0.1) is 0 Å². The lowest BCUT2D eigenvalue weighted by Crippen LogP contribution is -2.55. The molecule has 4 atom stereocenters. The summed E-state index contributed by atoms with van der Waals surface area (Å²) in [7, 11) is 0. The molecule has 20 heavy (non-hydrogen) atoms.